The van der Waals surface area contributed by atoms with Crippen molar-refractivity contribution in [3.8, 4) is 28.4 Å². The lowest BCUT2D eigenvalue weighted by Crippen LogP contribution is -2.12. The predicted molar refractivity (Wildman–Crippen MR) is 134 cm³/mol. The number of fused-ring (bicyclic) bond motifs is 1. The number of nitrogens with zero attached hydrogens (tertiary/aromatic N) is 4. The average Bonchev–Trinajstić information content (AvgIpc) is 3.46. The Bertz CT molecular complexity index is 1460. The quantitative estimate of drug-likeness (QED) is 0.173. The highest BCUT2D eigenvalue weighted by Gasteiger charge is 2.20. The van der Waals surface area contributed by atoms with Crippen LogP contribution in [0, 0.1) is 5.82 Å². The van der Waals surface area contributed by atoms with E-state index in [0.717, 1.165) is 17.9 Å². The van der Waals surface area contributed by atoms with Gasteiger partial charge >= 0.3 is 5.84 Å². The molecule has 0 unspecified atom stereocenters. The van der Waals surface area contributed by atoms with Crippen molar-refractivity contribution in [3.05, 3.63) is 78.0 Å². The molecule has 3 N–H and O–H groups in total. The number of phenolic OH excluding ortho intramolecular Hbond substituents is 1. The number of anilines is 1. The van der Waals surface area contributed by atoms with E-state index in [1.165, 1.54) is 18.4 Å². The largest absolute Gasteiger partial charge is 0.505 e. The summed E-state index contributed by atoms with van der Waals surface area (Å²) in [6.45, 7) is 1.46. The van der Waals surface area contributed by atoms with Crippen molar-refractivity contribution >= 4 is 35.3 Å². The molecule has 0 atom stereocenters. The van der Waals surface area contributed by atoms with E-state index in [-0.39, 0.29) is 0 Å². The summed E-state index contributed by atoms with van der Waals surface area (Å²) in [4.78, 5) is 14.6. The summed E-state index contributed by atoms with van der Waals surface area (Å²) in [5, 5.41) is 13.8. The Hall–Kier alpha value is -3.60. The van der Waals surface area contributed by atoms with Crippen LogP contribution in [0.4, 0.5) is 10.3 Å². The molecule has 5 rings (SSSR count). The number of halogens is 2. The minimum absolute atomic E-state index is 0.358. The Morgan fingerprint density at radius 1 is 1.09 bits per heavy atom. The molecule has 3 aromatic heterocycles. The molecule has 5 aromatic rings. The molecule has 178 valence electrons. The van der Waals surface area contributed by atoms with Gasteiger partial charge in [0.1, 0.15) is 17.7 Å². The van der Waals surface area contributed by atoms with Gasteiger partial charge in [0, 0.05) is 41.0 Å². The van der Waals surface area contributed by atoms with Crippen molar-refractivity contribution in [3.63, 3.8) is 0 Å². The lowest BCUT2D eigenvalue weighted by molar-refractivity contribution is 0.432. The molecule has 0 aliphatic heterocycles. The number of imidazole rings is 1. The Balaban J connectivity index is 1.27. The minimum Gasteiger partial charge on any atom is -0.505 e. The maximum absolute atomic E-state index is 13.6. The Labute approximate surface area is 209 Å². The van der Waals surface area contributed by atoms with Crippen LogP contribution in [0.15, 0.2) is 76.5 Å². The Morgan fingerprint density at radius 2 is 1.94 bits per heavy atom. The van der Waals surface area contributed by atoms with E-state index in [4.69, 9.17) is 16.0 Å². The van der Waals surface area contributed by atoms with E-state index < -0.39 is 11.6 Å². The van der Waals surface area contributed by atoms with Crippen molar-refractivity contribution in [2.24, 2.45) is 0 Å². The first-order chi connectivity index (χ1) is 17.1. The number of phenols is 1. The third-order valence-corrected chi connectivity index (χ3v) is 6.23. The molecule has 0 aliphatic carbocycles. The molecule has 0 amide bonds. The van der Waals surface area contributed by atoms with Crippen molar-refractivity contribution in [1.82, 2.24) is 24.1 Å². The summed E-state index contributed by atoms with van der Waals surface area (Å²) in [5.74, 6) is -0.325. The topological polar surface area (TPSA) is 101 Å². The lowest BCUT2D eigenvalue weighted by atomic mass is 10.1. The third kappa shape index (κ3) is 5.24. The standard InChI is InChI=1S/C24H20ClFN6O2S/c25-16-3-5-17(6-4-16)35-29-10-1-9-27-23-28-11-8-19(30-23)22-21(31-24-32(22)12-13-34-24)15-2-7-18(26)20(33)14-15/h2-8,11-14,29,33H,1,9-10H2,(H,27,28,30). The van der Waals surface area contributed by atoms with E-state index in [9.17, 15) is 9.50 Å². The number of aromatic nitrogens is 4. The molecule has 11 heteroatoms. The van der Waals surface area contributed by atoms with Crippen LogP contribution in [0.1, 0.15) is 6.42 Å². The highest BCUT2D eigenvalue weighted by Crippen LogP contribution is 2.34. The number of hydrogen-bond donors (Lipinski definition) is 3. The van der Waals surface area contributed by atoms with Gasteiger partial charge in [-0.25, -0.2) is 14.4 Å². The summed E-state index contributed by atoms with van der Waals surface area (Å²) >= 11 is 7.46. The fourth-order valence-electron chi connectivity index (χ4n) is 3.47. The van der Waals surface area contributed by atoms with Crippen LogP contribution in [-0.2, 0) is 0 Å². The molecule has 0 saturated heterocycles. The van der Waals surface area contributed by atoms with Crippen LogP contribution < -0.4 is 10.0 Å². The smallest absolute Gasteiger partial charge is 0.306 e. The van der Waals surface area contributed by atoms with Crippen LogP contribution in [0.2, 0.25) is 5.02 Å². The van der Waals surface area contributed by atoms with E-state index in [2.05, 4.69) is 25.0 Å². The summed E-state index contributed by atoms with van der Waals surface area (Å²) in [6.07, 6.45) is 5.76. The first kappa shape index (κ1) is 23.2. The van der Waals surface area contributed by atoms with Gasteiger partial charge in [-0.1, -0.05) is 11.6 Å². The second-order valence-electron chi connectivity index (χ2n) is 7.53. The molecule has 35 heavy (non-hydrogen) atoms. The molecule has 8 nitrogen and oxygen atoms in total. The summed E-state index contributed by atoms with van der Waals surface area (Å²) < 4.78 is 24.1. The molecule has 0 saturated carbocycles. The van der Waals surface area contributed by atoms with Gasteiger partial charge in [-0.3, -0.25) is 9.12 Å². The molecule has 0 spiro atoms. The van der Waals surface area contributed by atoms with Gasteiger partial charge < -0.3 is 14.8 Å². The van der Waals surface area contributed by atoms with Gasteiger partial charge in [0.25, 0.3) is 0 Å². The number of hydrogen-bond acceptors (Lipinski definition) is 8. The minimum atomic E-state index is -0.701. The van der Waals surface area contributed by atoms with Crippen LogP contribution in [-0.4, -0.2) is 37.5 Å². The number of benzene rings is 2. The molecule has 0 aliphatic rings. The number of oxazole rings is 1. The lowest BCUT2D eigenvalue weighted by Gasteiger charge is -2.08. The fraction of sp³-hybridized carbons (Fsp3) is 0.125. The van der Waals surface area contributed by atoms with Crippen LogP contribution in [0.5, 0.6) is 5.75 Å². The van der Waals surface area contributed by atoms with Crippen LogP contribution in [0.3, 0.4) is 0 Å². The highest BCUT2D eigenvalue weighted by atomic mass is 35.5. The molecule has 2 aromatic carbocycles. The first-order valence-corrected chi connectivity index (χ1v) is 11.9. The molecule has 0 fully saturated rings. The van der Waals surface area contributed by atoms with Gasteiger partial charge in [-0.15, -0.1) is 0 Å². The van der Waals surface area contributed by atoms with Gasteiger partial charge in [0.15, 0.2) is 11.6 Å². The highest BCUT2D eigenvalue weighted by molar-refractivity contribution is 7.97. The van der Waals surface area contributed by atoms with E-state index in [1.54, 1.807) is 40.9 Å². The molecule has 0 bridgehead atoms. The Kier molecular flexibility index (Phi) is 6.84. The van der Waals surface area contributed by atoms with Gasteiger partial charge in [0.2, 0.25) is 5.95 Å². The monoisotopic (exact) mass is 510 g/mol. The number of rotatable bonds is 9. The van der Waals surface area contributed by atoms with Crippen LogP contribution >= 0.6 is 23.5 Å². The molecular formula is C24H20ClFN6O2S. The first-order valence-electron chi connectivity index (χ1n) is 10.8. The van der Waals surface area contributed by atoms with E-state index in [0.29, 0.717) is 46.0 Å². The zero-order valence-corrected chi connectivity index (χ0v) is 19.9. The zero-order valence-electron chi connectivity index (χ0n) is 18.3. The zero-order chi connectivity index (χ0) is 24.2. The molecule has 3 heterocycles. The summed E-state index contributed by atoms with van der Waals surface area (Å²) in [5.41, 5.74) is 2.29. The number of nitrogens with one attached hydrogen (secondary N) is 2. The van der Waals surface area contributed by atoms with Crippen molar-refractivity contribution in [1.29, 1.82) is 0 Å². The SMILES string of the molecule is Oc1cc(-c2nc3occn3c2-c2ccnc(NCCCNSc3ccc(Cl)cc3)n2)ccc1F. The van der Waals surface area contributed by atoms with Crippen molar-refractivity contribution in [2.75, 3.05) is 18.4 Å². The van der Waals surface area contributed by atoms with Crippen LogP contribution in [0.25, 0.3) is 28.5 Å². The second-order valence-corrected chi connectivity index (χ2v) is 8.93. The van der Waals surface area contributed by atoms with Crippen molar-refractivity contribution < 1.29 is 13.9 Å². The van der Waals surface area contributed by atoms with Gasteiger partial charge in [-0.2, -0.15) is 4.98 Å². The molecular weight excluding hydrogens is 491 g/mol. The Morgan fingerprint density at radius 3 is 2.77 bits per heavy atom. The summed E-state index contributed by atoms with van der Waals surface area (Å²) in [6, 6.07) is 13.5. The normalized spacial score (nSPS) is 11.3. The van der Waals surface area contributed by atoms with Crippen molar-refractivity contribution in [2.45, 2.75) is 11.3 Å². The van der Waals surface area contributed by atoms with Gasteiger partial charge in [0.05, 0.1) is 5.69 Å². The summed E-state index contributed by atoms with van der Waals surface area (Å²) in [7, 11) is 0. The average molecular weight is 511 g/mol. The maximum Gasteiger partial charge on any atom is 0.306 e. The van der Waals surface area contributed by atoms with Gasteiger partial charge in [-0.05, 0) is 66.9 Å². The second kappa shape index (κ2) is 10.3. The number of aromatic hydroxyl groups is 1. The predicted octanol–water partition coefficient (Wildman–Crippen LogP) is 5.65. The van der Waals surface area contributed by atoms with E-state index in [1.807, 2.05) is 24.3 Å². The fourth-order valence-corrected chi connectivity index (χ4v) is 4.28. The van der Waals surface area contributed by atoms with E-state index >= 15 is 0 Å². The molecule has 0 radical (unpaired) electrons. The third-order valence-electron chi connectivity index (χ3n) is 5.12. The maximum atomic E-state index is 13.6.